The van der Waals surface area contributed by atoms with Crippen LogP contribution in [0.25, 0.3) is 0 Å². The summed E-state index contributed by atoms with van der Waals surface area (Å²) in [7, 11) is 0. The Bertz CT molecular complexity index is 288. The van der Waals surface area contributed by atoms with E-state index in [0.29, 0.717) is 45.4 Å². The van der Waals surface area contributed by atoms with Crippen LogP contribution in [0.2, 0.25) is 0 Å². The fraction of sp³-hybridized carbons (Fsp3) is 0.833. The van der Waals surface area contributed by atoms with Crippen LogP contribution in [0.1, 0.15) is 26.2 Å². The number of likely N-dealkylation sites (tertiary alicyclic amines) is 1. The fourth-order valence-electron chi connectivity index (χ4n) is 2.17. The third-order valence-electron chi connectivity index (χ3n) is 3.35. The van der Waals surface area contributed by atoms with Gasteiger partial charge in [0.1, 0.15) is 0 Å². The van der Waals surface area contributed by atoms with Crippen LogP contribution in [-0.2, 0) is 4.79 Å². The van der Waals surface area contributed by atoms with Crippen molar-refractivity contribution in [1.82, 2.24) is 9.80 Å². The van der Waals surface area contributed by atoms with E-state index in [0.717, 1.165) is 0 Å². The summed E-state index contributed by atoms with van der Waals surface area (Å²) in [5.74, 6) is -1.09. The predicted molar refractivity (Wildman–Crippen MR) is 66.3 cm³/mol. The number of piperidine rings is 1. The van der Waals surface area contributed by atoms with E-state index in [9.17, 15) is 9.59 Å². The van der Waals surface area contributed by atoms with Gasteiger partial charge < -0.3 is 20.0 Å². The molecule has 0 saturated carbocycles. The lowest BCUT2D eigenvalue weighted by atomic mass is 9.97. The fourth-order valence-corrected chi connectivity index (χ4v) is 2.17. The van der Waals surface area contributed by atoms with Crippen molar-refractivity contribution >= 4 is 12.0 Å². The molecule has 0 unspecified atom stereocenters. The van der Waals surface area contributed by atoms with Gasteiger partial charge in [0.05, 0.1) is 5.92 Å². The van der Waals surface area contributed by atoms with E-state index in [1.54, 1.807) is 9.80 Å². The predicted octanol–water partition coefficient (Wildman–Crippen LogP) is 0.607. The molecule has 1 fully saturated rings. The molecule has 2 amide bonds. The van der Waals surface area contributed by atoms with Crippen molar-refractivity contribution in [3.8, 4) is 0 Å². The topological polar surface area (TPSA) is 81.1 Å². The molecule has 1 rings (SSSR count). The minimum atomic E-state index is -0.769. The average molecular weight is 258 g/mol. The third-order valence-corrected chi connectivity index (χ3v) is 3.35. The number of nitrogens with zero attached hydrogens (tertiary/aromatic N) is 2. The summed E-state index contributed by atoms with van der Waals surface area (Å²) in [4.78, 5) is 26.4. The summed E-state index contributed by atoms with van der Waals surface area (Å²) >= 11 is 0. The maximum absolute atomic E-state index is 12.1. The van der Waals surface area contributed by atoms with Crippen LogP contribution in [-0.4, -0.2) is 64.8 Å². The van der Waals surface area contributed by atoms with Crippen LogP contribution < -0.4 is 0 Å². The van der Waals surface area contributed by atoms with Gasteiger partial charge in [-0.25, -0.2) is 4.79 Å². The number of urea groups is 1. The SMILES string of the molecule is CCN(CCCO)C(=O)N1CCC(C(=O)O)CC1. The van der Waals surface area contributed by atoms with E-state index in [4.69, 9.17) is 10.2 Å². The Labute approximate surface area is 107 Å². The first kappa shape index (κ1) is 14.8. The van der Waals surface area contributed by atoms with Gasteiger partial charge in [-0.2, -0.15) is 0 Å². The smallest absolute Gasteiger partial charge is 0.319 e. The first-order valence-corrected chi connectivity index (χ1v) is 6.47. The quantitative estimate of drug-likeness (QED) is 0.757. The molecule has 1 aliphatic heterocycles. The second-order valence-corrected chi connectivity index (χ2v) is 4.54. The minimum Gasteiger partial charge on any atom is -0.481 e. The van der Waals surface area contributed by atoms with Gasteiger partial charge in [0, 0.05) is 32.8 Å². The third kappa shape index (κ3) is 3.87. The Morgan fingerprint density at radius 1 is 1.33 bits per heavy atom. The van der Waals surface area contributed by atoms with E-state index in [-0.39, 0.29) is 18.6 Å². The van der Waals surface area contributed by atoms with Crippen LogP contribution in [0.15, 0.2) is 0 Å². The normalized spacial score (nSPS) is 16.7. The maximum Gasteiger partial charge on any atom is 0.319 e. The molecule has 0 atom stereocenters. The van der Waals surface area contributed by atoms with Crippen LogP contribution >= 0.6 is 0 Å². The zero-order valence-corrected chi connectivity index (χ0v) is 10.8. The summed E-state index contributed by atoms with van der Waals surface area (Å²) in [6, 6.07) is -0.0465. The molecule has 0 bridgehead atoms. The van der Waals surface area contributed by atoms with Crippen molar-refractivity contribution < 1.29 is 19.8 Å². The van der Waals surface area contributed by atoms with Gasteiger partial charge in [-0.05, 0) is 26.2 Å². The van der Waals surface area contributed by atoms with Gasteiger partial charge in [-0.3, -0.25) is 4.79 Å². The van der Waals surface area contributed by atoms with E-state index in [2.05, 4.69) is 0 Å². The minimum absolute atomic E-state index is 0.0465. The van der Waals surface area contributed by atoms with E-state index in [1.165, 1.54) is 0 Å². The van der Waals surface area contributed by atoms with Gasteiger partial charge in [-0.15, -0.1) is 0 Å². The molecular weight excluding hydrogens is 236 g/mol. The van der Waals surface area contributed by atoms with Crippen molar-refractivity contribution in [1.29, 1.82) is 0 Å². The largest absolute Gasteiger partial charge is 0.481 e. The van der Waals surface area contributed by atoms with Crippen molar-refractivity contribution in [2.24, 2.45) is 5.92 Å². The van der Waals surface area contributed by atoms with E-state index >= 15 is 0 Å². The van der Waals surface area contributed by atoms with Crippen LogP contribution in [0.5, 0.6) is 0 Å². The summed E-state index contributed by atoms with van der Waals surface area (Å²) in [6.07, 6.45) is 1.63. The Morgan fingerprint density at radius 2 is 1.94 bits per heavy atom. The van der Waals surface area contributed by atoms with Gasteiger partial charge in [0.25, 0.3) is 0 Å². The highest BCUT2D eigenvalue weighted by atomic mass is 16.4. The maximum atomic E-state index is 12.1. The van der Waals surface area contributed by atoms with Crippen LogP contribution in [0.3, 0.4) is 0 Å². The lowest BCUT2D eigenvalue weighted by Gasteiger charge is -2.34. The molecule has 1 heterocycles. The zero-order valence-electron chi connectivity index (χ0n) is 10.8. The van der Waals surface area contributed by atoms with Crippen LogP contribution in [0.4, 0.5) is 4.79 Å². The number of amides is 2. The molecule has 1 saturated heterocycles. The molecule has 1 aliphatic rings. The zero-order chi connectivity index (χ0) is 13.5. The lowest BCUT2D eigenvalue weighted by Crippen LogP contribution is -2.47. The summed E-state index contributed by atoms with van der Waals surface area (Å²) in [5.41, 5.74) is 0. The Morgan fingerprint density at radius 3 is 2.39 bits per heavy atom. The second-order valence-electron chi connectivity index (χ2n) is 4.54. The molecule has 0 aromatic heterocycles. The number of carboxylic acid groups (broad SMARTS) is 1. The highest BCUT2D eigenvalue weighted by Gasteiger charge is 2.28. The summed E-state index contributed by atoms with van der Waals surface area (Å²) < 4.78 is 0. The molecule has 2 N–H and O–H groups in total. The monoisotopic (exact) mass is 258 g/mol. The van der Waals surface area contributed by atoms with Crippen molar-refractivity contribution in [3.63, 3.8) is 0 Å². The van der Waals surface area contributed by atoms with E-state index < -0.39 is 5.97 Å². The number of carbonyl (C=O) groups excluding carboxylic acids is 1. The van der Waals surface area contributed by atoms with Gasteiger partial charge in [-0.1, -0.05) is 0 Å². The Hall–Kier alpha value is -1.30. The summed E-state index contributed by atoms with van der Waals surface area (Å²) in [5, 5.41) is 17.7. The first-order valence-electron chi connectivity index (χ1n) is 6.47. The molecule has 0 spiro atoms. The van der Waals surface area contributed by atoms with Crippen molar-refractivity contribution in [3.05, 3.63) is 0 Å². The number of aliphatic hydroxyl groups is 1. The molecule has 0 radical (unpaired) electrons. The second kappa shape index (κ2) is 7.20. The standard InChI is InChI=1S/C12H22N2O4/c1-2-13(6-3-9-15)12(18)14-7-4-10(5-8-14)11(16)17/h10,15H,2-9H2,1H3,(H,16,17). The van der Waals surface area contributed by atoms with Gasteiger partial charge in [0.2, 0.25) is 0 Å². The summed E-state index contributed by atoms with van der Waals surface area (Å²) in [6.45, 7) is 4.14. The number of hydrogen-bond acceptors (Lipinski definition) is 3. The van der Waals surface area contributed by atoms with E-state index in [1.807, 2.05) is 6.92 Å². The highest BCUT2D eigenvalue weighted by Crippen LogP contribution is 2.18. The van der Waals surface area contributed by atoms with Gasteiger partial charge in [0.15, 0.2) is 0 Å². The average Bonchev–Trinajstić information content (AvgIpc) is 2.39. The molecule has 18 heavy (non-hydrogen) atoms. The molecule has 6 nitrogen and oxygen atoms in total. The molecular formula is C12H22N2O4. The molecule has 0 aromatic carbocycles. The number of aliphatic carboxylic acids is 1. The highest BCUT2D eigenvalue weighted by molar-refractivity contribution is 5.75. The van der Waals surface area contributed by atoms with Crippen LogP contribution in [0, 0.1) is 5.92 Å². The van der Waals surface area contributed by atoms with Gasteiger partial charge >= 0.3 is 12.0 Å². The Kier molecular flexibility index (Phi) is 5.91. The molecule has 104 valence electrons. The molecule has 6 heteroatoms. The number of rotatable bonds is 5. The Balaban J connectivity index is 2.45. The van der Waals surface area contributed by atoms with Crippen molar-refractivity contribution in [2.75, 3.05) is 32.8 Å². The van der Waals surface area contributed by atoms with Crippen molar-refractivity contribution in [2.45, 2.75) is 26.2 Å². The number of carbonyl (C=O) groups is 2. The number of hydrogen-bond donors (Lipinski definition) is 2. The molecule has 0 aromatic rings. The number of carboxylic acids is 1. The number of aliphatic hydroxyl groups excluding tert-OH is 1. The first-order chi connectivity index (χ1) is 8.60. The lowest BCUT2D eigenvalue weighted by molar-refractivity contribution is -0.143. The molecule has 0 aliphatic carbocycles.